The molecule has 1 heterocycles. The van der Waals surface area contributed by atoms with Crippen molar-refractivity contribution in [1.29, 1.82) is 0 Å². The molecule has 1 N–H and O–H groups in total. The molecule has 0 spiro atoms. The minimum absolute atomic E-state index is 0.148. The Morgan fingerprint density at radius 3 is 2.83 bits per heavy atom. The van der Waals surface area contributed by atoms with Gasteiger partial charge in [-0.1, -0.05) is 13.8 Å². The molecule has 0 bridgehead atoms. The van der Waals surface area contributed by atoms with Crippen molar-refractivity contribution < 1.29 is 14.6 Å². The summed E-state index contributed by atoms with van der Waals surface area (Å²) < 4.78 is 5.10. The Kier molecular flexibility index (Phi) is 6.67. The van der Waals surface area contributed by atoms with Crippen LogP contribution < -0.4 is 0 Å². The molecule has 0 saturated carbocycles. The number of hydrogen-bond donors (Lipinski definition) is 1. The summed E-state index contributed by atoms with van der Waals surface area (Å²) in [5.41, 5.74) is 0.892. The fourth-order valence-corrected chi connectivity index (χ4v) is 3.25. The highest BCUT2D eigenvalue weighted by atomic mass is 32.2. The van der Waals surface area contributed by atoms with E-state index >= 15 is 0 Å². The minimum atomic E-state index is -0.773. The van der Waals surface area contributed by atoms with Crippen LogP contribution in [0.15, 0.2) is 0 Å². The fraction of sp³-hybridized carbons (Fsp3) is 0.667. The van der Waals surface area contributed by atoms with E-state index in [-0.39, 0.29) is 6.42 Å². The van der Waals surface area contributed by atoms with Gasteiger partial charge in [-0.2, -0.15) is 11.8 Å². The number of aliphatic carboxylic acids is 1. The molecule has 6 heteroatoms. The van der Waals surface area contributed by atoms with Crippen LogP contribution in [-0.4, -0.2) is 28.4 Å². The van der Waals surface area contributed by atoms with Crippen molar-refractivity contribution in [2.45, 2.75) is 44.3 Å². The lowest BCUT2D eigenvalue weighted by molar-refractivity contribution is -0.136. The van der Waals surface area contributed by atoms with Crippen LogP contribution >= 0.6 is 23.1 Å². The van der Waals surface area contributed by atoms with E-state index in [1.54, 1.807) is 18.4 Å². The van der Waals surface area contributed by atoms with Crippen LogP contribution in [0.4, 0.5) is 0 Å². The first-order valence-electron chi connectivity index (χ1n) is 5.82. The van der Waals surface area contributed by atoms with Crippen molar-refractivity contribution in [2.75, 3.05) is 7.11 Å². The van der Waals surface area contributed by atoms with Gasteiger partial charge in [0.25, 0.3) is 0 Å². The maximum atomic E-state index is 10.6. The van der Waals surface area contributed by atoms with E-state index in [9.17, 15) is 4.79 Å². The summed E-state index contributed by atoms with van der Waals surface area (Å²) >= 11 is 3.45. The minimum Gasteiger partial charge on any atom is -0.481 e. The topological polar surface area (TPSA) is 59.4 Å². The van der Waals surface area contributed by atoms with E-state index in [0.717, 1.165) is 21.3 Å². The van der Waals surface area contributed by atoms with Crippen molar-refractivity contribution in [3.63, 3.8) is 0 Å². The first-order chi connectivity index (χ1) is 8.52. The van der Waals surface area contributed by atoms with E-state index < -0.39 is 5.97 Å². The van der Waals surface area contributed by atoms with Crippen LogP contribution in [0.3, 0.4) is 0 Å². The number of rotatable bonds is 8. The van der Waals surface area contributed by atoms with Crippen molar-refractivity contribution in [1.82, 2.24) is 4.98 Å². The third kappa shape index (κ3) is 5.37. The Labute approximate surface area is 116 Å². The molecule has 0 aliphatic rings. The van der Waals surface area contributed by atoms with Crippen LogP contribution in [0.25, 0.3) is 0 Å². The molecule has 0 aliphatic heterocycles. The van der Waals surface area contributed by atoms with Gasteiger partial charge in [0, 0.05) is 17.7 Å². The van der Waals surface area contributed by atoms with Gasteiger partial charge in [-0.15, -0.1) is 11.3 Å². The largest absolute Gasteiger partial charge is 0.481 e. The van der Waals surface area contributed by atoms with Crippen molar-refractivity contribution in [3.8, 4) is 0 Å². The number of carbonyl (C=O) groups is 1. The van der Waals surface area contributed by atoms with E-state index in [1.165, 1.54) is 0 Å². The molecule has 1 aromatic rings. The SMILES string of the molecule is COCc1nc(CSC(C)C)sc1CCC(=O)O. The lowest BCUT2D eigenvalue weighted by Gasteiger charge is -2.00. The van der Waals surface area contributed by atoms with E-state index in [4.69, 9.17) is 9.84 Å². The van der Waals surface area contributed by atoms with Gasteiger partial charge in [-0.25, -0.2) is 4.98 Å². The highest BCUT2D eigenvalue weighted by Gasteiger charge is 2.12. The molecule has 0 saturated heterocycles. The molecule has 102 valence electrons. The average Bonchev–Trinajstić information content (AvgIpc) is 2.67. The second kappa shape index (κ2) is 7.76. The van der Waals surface area contributed by atoms with Crippen LogP contribution in [0.5, 0.6) is 0 Å². The van der Waals surface area contributed by atoms with Gasteiger partial charge < -0.3 is 9.84 Å². The van der Waals surface area contributed by atoms with Gasteiger partial charge >= 0.3 is 5.97 Å². The second-order valence-corrected chi connectivity index (χ2v) is 6.90. The van der Waals surface area contributed by atoms with Crippen molar-refractivity contribution in [2.24, 2.45) is 0 Å². The molecule has 1 rings (SSSR count). The maximum Gasteiger partial charge on any atom is 0.303 e. The predicted octanol–water partition coefficient (Wildman–Crippen LogP) is 2.95. The molecule has 0 atom stereocenters. The summed E-state index contributed by atoms with van der Waals surface area (Å²) in [6, 6.07) is 0. The van der Waals surface area contributed by atoms with Crippen molar-refractivity contribution >= 4 is 29.1 Å². The first-order valence-corrected chi connectivity index (χ1v) is 7.69. The van der Waals surface area contributed by atoms with E-state index in [2.05, 4.69) is 18.8 Å². The molecule has 0 unspecified atom stereocenters. The highest BCUT2D eigenvalue weighted by molar-refractivity contribution is 7.99. The number of aromatic nitrogens is 1. The maximum absolute atomic E-state index is 10.6. The Morgan fingerprint density at radius 2 is 2.28 bits per heavy atom. The summed E-state index contributed by atoms with van der Waals surface area (Å²) in [4.78, 5) is 16.2. The zero-order valence-electron chi connectivity index (χ0n) is 10.9. The van der Waals surface area contributed by atoms with Gasteiger partial charge in [0.05, 0.1) is 18.7 Å². The number of methoxy groups -OCH3 is 1. The zero-order chi connectivity index (χ0) is 13.5. The summed E-state index contributed by atoms with van der Waals surface area (Å²) in [5.74, 6) is 0.108. The fourth-order valence-electron chi connectivity index (χ4n) is 1.40. The number of carboxylic acid groups (broad SMARTS) is 1. The van der Waals surface area contributed by atoms with Gasteiger partial charge in [0.1, 0.15) is 5.01 Å². The Hall–Kier alpha value is -0.590. The average molecular weight is 289 g/mol. The van der Waals surface area contributed by atoms with Crippen LogP contribution in [0, 0.1) is 0 Å². The number of ether oxygens (including phenoxy) is 1. The molecule has 0 fully saturated rings. The summed E-state index contributed by atoms with van der Waals surface area (Å²) in [7, 11) is 1.63. The monoisotopic (exact) mass is 289 g/mol. The molecule has 0 amide bonds. The highest BCUT2D eigenvalue weighted by Crippen LogP contribution is 2.26. The normalized spacial score (nSPS) is 11.1. The molecular weight excluding hydrogens is 270 g/mol. The van der Waals surface area contributed by atoms with E-state index in [1.807, 2.05) is 11.8 Å². The smallest absolute Gasteiger partial charge is 0.303 e. The van der Waals surface area contributed by atoms with Gasteiger partial charge in [0.15, 0.2) is 0 Å². The lowest BCUT2D eigenvalue weighted by atomic mass is 10.2. The van der Waals surface area contributed by atoms with Crippen LogP contribution in [-0.2, 0) is 28.3 Å². The van der Waals surface area contributed by atoms with Gasteiger partial charge in [-0.05, 0) is 11.7 Å². The third-order valence-corrected chi connectivity index (χ3v) is 4.66. The lowest BCUT2D eigenvalue weighted by Crippen LogP contribution is -1.99. The summed E-state index contributed by atoms with van der Waals surface area (Å²) in [6.45, 7) is 4.76. The number of thiazole rings is 1. The molecule has 0 aromatic carbocycles. The van der Waals surface area contributed by atoms with Crippen LogP contribution in [0.2, 0.25) is 0 Å². The first kappa shape index (κ1) is 15.5. The summed E-state index contributed by atoms with van der Waals surface area (Å²) in [6.07, 6.45) is 0.688. The molecule has 0 radical (unpaired) electrons. The van der Waals surface area contributed by atoms with Gasteiger partial charge in [0.2, 0.25) is 0 Å². The van der Waals surface area contributed by atoms with Crippen LogP contribution in [0.1, 0.15) is 35.8 Å². The van der Waals surface area contributed by atoms with Gasteiger partial charge in [-0.3, -0.25) is 4.79 Å². The molecule has 18 heavy (non-hydrogen) atoms. The Bertz CT molecular complexity index is 391. The molecule has 1 aromatic heterocycles. The quantitative estimate of drug-likeness (QED) is 0.797. The van der Waals surface area contributed by atoms with Crippen molar-refractivity contribution in [3.05, 3.63) is 15.6 Å². The predicted molar refractivity (Wildman–Crippen MR) is 75.2 cm³/mol. The number of carboxylic acids is 1. The third-order valence-electron chi connectivity index (χ3n) is 2.21. The second-order valence-electron chi connectivity index (χ2n) is 4.16. The number of thioether (sulfide) groups is 1. The standard InChI is InChI=1S/C12H19NO3S2/c1-8(2)17-7-11-13-9(6-16-3)10(18-11)4-5-12(14)15/h8H,4-7H2,1-3H3,(H,14,15). The zero-order valence-corrected chi connectivity index (χ0v) is 12.6. The Morgan fingerprint density at radius 1 is 1.56 bits per heavy atom. The van der Waals surface area contributed by atoms with E-state index in [0.29, 0.717) is 18.3 Å². The molecule has 4 nitrogen and oxygen atoms in total. The summed E-state index contributed by atoms with van der Waals surface area (Å²) in [5, 5.41) is 10.4. The molecule has 0 aliphatic carbocycles. The number of aryl methyl sites for hydroxylation is 1. The Balaban J connectivity index is 2.69. The number of hydrogen-bond acceptors (Lipinski definition) is 5. The molecular formula is C12H19NO3S2. The number of nitrogens with zero attached hydrogens (tertiary/aromatic N) is 1.